The van der Waals surface area contributed by atoms with Crippen LogP contribution in [0.1, 0.15) is 17.2 Å². The van der Waals surface area contributed by atoms with Gasteiger partial charge in [-0.05, 0) is 0 Å². The molecule has 2 N–H and O–H groups in total. The van der Waals surface area contributed by atoms with Gasteiger partial charge in [-0.2, -0.15) is 0 Å². The Labute approximate surface area is 212 Å². The number of hydrogen-bond acceptors (Lipinski definition) is 9. The maximum atomic E-state index is 8.36. The first-order valence-corrected chi connectivity index (χ1v) is 12.0. The van der Waals surface area contributed by atoms with Crippen molar-refractivity contribution in [2.45, 2.75) is 15.4 Å². The van der Waals surface area contributed by atoms with Gasteiger partial charge in [0.1, 0.15) is 0 Å². The van der Waals surface area contributed by atoms with E-state index >= 15 is 0 Å². The molecule has 14 heteroatoms. The molecular weight excluding hydrogens is 649 g/mol. The van der Waals surface area contributed by atoms with Crippen LogP contribution in [0.3, 0.4) is 0 Å². The molecule has 2 aromatic carbocycles. The molecule has 0 aliphatic carbocycles. The predicted octanol–water partition coefficient (Wildman–Crippen LogP) is 2.80. The number of benzene rings is 2. The molecule has 0 aliphatic heterocycles. The summed E-state index contributed by atoms with van der Waals surface area (Å²) in [7, 11) is 8.28. The summed E-state index contributed by atoms with van der Waals surface area (Å²) < 4.78 is 28.7. The minimum absolute atomic E-state index is 0.00723. The van der Waals surface area contributed by atoms with Gasteiger partial charge in [0.25, 0.3) is 10.2 Å². The number of rotatable bonds is 9. The normalized spacial score (nSPS) is 12.0. The van der Waals surface area contributed by atoms with Crippen molar-refractivity contribution in [3.63, 3.8) is 0 Å². The maximum absolute atomic E-state index is 8.36. The zero-order valence-electron chi connectivity index (χ0n) is 19.3. The van der Waals surface area contributed by atoms with Crippen LogP contribution in [0.2, 0.25) is 3.48 Å². The van der Waals surface area contributed by atoms with E-state index in [9.17, 15) is 0 Å². The van der Waals surface area contributed by atoms with Gasteiger partial charge in [-0.3, -0.25) is 0 Å². The van der Waals surface area contributed by atoms with E-state index in [4.69, 9.17) is 54.3 Å². The van der Waals surface area contributed by atoms with Crippen LogP contribution in [0.4, 0.5) is 0 Å². The van der Waals surface area contributed by atoms with Crippen LogP contribution in [0, 0.1) is 20.2 Å². The Balaban J connectivity index is 0.00000118. The van der Waals surface area contributed by atoms with E-state index < -0.39 is 16.0 Å². The minimum atomic E-state index is -1.50. The quantitative estimate of drug-likeness (QED) is 0.173. The fraction of sp³-hybridized carbons (Fsp3) is 0.400. The predicted molar refractivity (Wildman–Crippen MR) is 118 cm³/mol. The molecule has 2 rings (SSSR count). The van der Waals surface area contributed by atoms with Crippen molar-refractivity contribution in [1.29, 1.82) is 0 Å². The third-order valence-corrected chi connectivity index (χ3v) is 7.60. The molecule has 0 saturated heterocycles. The smallest absolute Gasteiger partial charge is 0.291 e. The van der Waals surface area contributed by atoms with E-state index in [1.165, 1.54) is 0 Å². The molecular formula is C20H27N2O11Tl. The summed E-state index contributed by atoms with van der Waals surface area (Å²) in [5.74, 6) is 0.380. The van der Waals surface area contributed by atoms with Crippen molar-refractivity contribution in [2.24, 2.45) is 0 Å². The molecule has 2 unspecified atom stereocenters. The molecule has 0 heterocycles. The topological polar surface area (TPSA) is 173 Å². The van der Waals surface area contributed by atoms with E-state index in [-0.39, 0.29) is 9.58 Å². The van der Waals surface area contributed by atoms with E-state index in [1.807, 2.05) is 36.4 Å². The van der Waals surface area contributed by atoms with Gasteiger partial charge >= 0.3 is 172 Å². The van der Waals surface area contributed by atoms with Crippen molar-refractivity contribution in [1.82, 2.24) is 0 Å². The molecule has 0 aliphatic rings. The first kappa shape index (κ1) is 31.2. The summed E-state index contributed by atoms with van der Waals surface area (Å²) in [6.07, 6.45) is -0.159. The van der Waals surface area contributed by atoms with Crippen LogP contribution in [0.5, 0.6) is 11.5 Å². The third-order valence-electron chi connectivity index (χ3n) is 4.54. The summed E-state index contributed by atoms with van der Waals surface area (Å²) >= 11 is 0.511. The number of ether oxygens (including phenoxy) is 5. The van der Waals surface area contributed by atoms with Crippen molar-refractivity contribution in [3.8, 4) is 11.5 Å². The molecule has 186 valence electrons. The Morgan fingerprint density at radius 2 is 1.38 bits per heavy atom. The Kier molecular flexibility index (Phi) is 14.7. The molecule has 13 nitrogen and oxygen atoms in total. The summed E-state index contributed by atoms with van der Waals surface area (Å²) in [6.45, 7) is 0. The van der Waals surface area contributed by atoms with E-state index in [0.717, 1.165) is 11.1 Å². The van der Waals surface area contributed by atoms with Gasteiger partial charge in [-0.1, -0.05) is 0 Å². The standard InChI is InChI=1S/C20H25O5.2HNO3.Tl/c1-21-16-11-12-17(18(13-16)22-2)20(24-4,25-5)14-19(23-3)15-9-7-6-8-10-15;2*2-1(3)4;/h6-14,19H,1-5H3;2*(H,2,3,4);. The Hall–Kier alpha value is -2.76. The second-order valence-corrected chi connectivity index (χ2v) is 9.00. The molecule has 0 fully saturated rings. The Bertz CT molecular complexity index is 862. The zero-order valence-corrected chi connectivity index (χ0v) is 23.8. The zero-order chi connectivity index (χ0) is 26.3. The van der Waals surface area contributed by atoms with Crippen LogP contribution < -0.4 is 9.47 Å². The molecule has 0 saturated carbocycles. The SMILES string of the molecule is COc1ccc(C(OC)(OC)[CH]([Tl])C(OC)c2ccccc2)c(OC)c1.O=[N+]([O-])O.O=[N+]([O-])O. The van der Waals surface area contributed by atoms with Crippen LogP contribution in [0.25, 0.3) is 0 Å². The molecule has 2 aromatic rings. The van der Waals surface area contributed by atoms with Gasteiger partial charge < -0.3 is 10.4 Å². The van der Waals surface area contributed by atoms with Crippen LogP contribution in [0.15, 0.2) is 48.5 Å². The number of methoxy groups -OCH3 is 5. The first-order chi connectivity index (χ1) is 16.0. The van der Waals surface area contributed by atoms with Gasteiger partial charge in [-0.15, -0.1) is 20.2 Å². The monoisotopic (exact) mass is 676 g/mol. The second-order valence-electron chi connectivity index (χ2n) is 6.21. The fourth-order valence-corrected chi connectivity index (χ4v) is 6.40. The van der Waals surface area contributed by atoms with Gasteiger partial charge in [-0.25, -0.2) is 0 Å². The number of hydrogen-bond donors (Lipinski definition) is 2. The van der Waals surface area contributed by atoms with Crippen molar-refractivity contribution >= 4 is 25.8 Å². The number of nitrogens with zero attached hydrogens (tertiary/aromatic N) is 2. The summed E-state index contributed by atoms with van der Waals surface area (Å²) in [5, 5.41) is 27.3. The molecule has 2 atom stereocenters. The summed E-state index contributed by atoms with van der Waals surface area (Å²) in [4.78, 5) is 16.7. The van der Waals surface area contributed by atoms with Crippen LogP contribution in [-0.2, 0) is 20.0 Å². The van der Waals surface area contributed by atoms with Gasteiger partial charge in [0.15, 0.2) is 0 Å². The largest absolute Gasteiger partial charge is 0.328 e. The first-order valence-electron chi connectivity index (χ1n) is 9.37. The third kappa shape index (κ3) is 9.24. The van der Waals surface area contributed by atoms with Crippen LogP contribution in [-0.4, -0.2) is 81.9 Å². The summed E-state index contributed by atoms with van der Waals surface area (Å²) in [6, 6.07) is 15.8. The average molecular weight is 676 g/mol. The molecule has 34 heavy (non-hydrogen) atoms. The van der Waals surface area contributed by atoms with Gasteiger partial charge in [0.05, 0.1) is 0 Å². The maximum Gasteiger partial charge on any atom is 0.291 e. The fourth-order valence-electron chi connectivity index (χ4n) is 3.17. The minimum Gasteiger partial charge on any atom is -0.328 e. The van der Waals surface area contributed by atoms with Crippen molar-refractivity contribution in [3.05, 3.63) is 79.9 Å². The second kappa shape index (κ2) is 16.0. The van der Waals surface area contributed by atoms with E-state index in [0.29, 0.717) is 37.3 Å². The van der Waals surface area contributed by atoms with Crippen molar-refractivity contribution < 1.29 is 44.3 Å². The molecule has 0 amide bonds. The molecule has 0 aromatic heterocycles. The van der Waals surface area contributed by atoms with E-state index in [2.05, 4.69) is 12.1 Å². The molecule has 0 spiro atoms. The van der Waals surface area contributed by atoms with E-state index in [1.54, 1.807) is 35.5 Å². The van der Waals surface area contributed by atoms with Crippen molar-refractivity contribution in [2.75, 3.05) is 35.5 Å². The van der Waals surface area contributed by atoms with Gasteiger partial charge in [0, 0.05) is 0 Å². The molecule has 0 bridgehead atoms. The average Bonchev–Trinajstić information content (AvgIpc) is 2.81. The van der Waals surface area contributed by atoms with Crippen LogP contribution >= 0.6 is 0 Å². The molecule has 0 radical (unpaired) electrons. The Morgan fingerprint density at radius 3 is 1.76 bits per heavy atom. The van der Waals surface area contributed by atoms with Gasteiger partial charge in [0.2, 0.25) is 0 Å². The Morgan fingerprint density at radius 1 is 0.882 bits per heavy atom. The summed E-state index contributed by atoms with van der Waals surface area (Å²) in [5.41, 5.74) is 1.91.